The van der Waals surface area contributed by atoms with Crippen molar-refractivity contribution in [3.8, 4) is 5.75 Å². The van der Waals surface area contributed by atoms with Crippen molar-refractivity contribution >= 4 is 17.4 Å². The largest absolute Gasteiger partial charge is 0.497 e. The third kappa shape index (κ3) is 5.75. The third-order valence-electron chi connectivity index (χ3n) is 5.40. The maximum Gasteiger partial charge on any atom is 0.251 e. The van der Waals surface area contributed by atoms with Crippen LogP contribution in [0, 0.1) is 5.92 Å². The molecule has 0 spiro atoms. The van der Waals surface area contributed by atoms with Crippen molar-refractivity contribution in [3.63, 3.8) is 0 Å². The summed E-state index contributed by atoms with van der Waals surface area (Å²) in [4.78, 5) is 25.5. The Balaban J connectivity index is 1.86. The van der Waals surface area contributed by atoms with E-state index in [1.807, 2.05) is 12.1 Å². The first-order valence-electron chi connectivity index (χ1n) is 10.8. The average molecular weight is 421 g/mol. The zero-order valence-corrected chi connectivity index (χ0v) is 19.0. The van der Waals surface area contributed by atoms with E-state index in [9.17, 15) is 9.59 Å². The summed E-state index contributed by atoms with van der Waals surface area (Å²) < 4.78 is 5.37. The van der Waals surface area contributed by atoms with Crippen molar-refractivity contribution in [3.05, 3.63) is 70.8 Å². The van der Waals surface area contributed by atoms with Gasteiger partial charge in [0.2, 0.25) is 0 Å². The molecule has 0 aromatic heterocycles. The Bertz CT molecular complexity index is 1010. The van der Waals surface area contributed by atoms with Gasteiger partial charge in [-0.05, 0) is 62.4 Å². The van der Waals surface area contributed by atoms with Crippen molar-refractivity contribution in [2.45, 2.75) is 46.1 Å². The second kappa shape index (κ2) is 9.38. The van der Waals surface area contributed by atoms with E-state index >= 15 is 0 Å². The molecule has 0 unspecified atom stereocenters. The van der Waals surface area contributed by atoms with Crippen LogP contribution in [0.25, 0.3) is 5.70 Å². The number of methoxy groups -OCH3 is 1. The molecule has 0 aliphatic carbocycles. The molecule has 2 aromatic carbocycles. The minimum Gasteiger partial charge on any atom is -0.497 e. The molecule has 5 heteroatoms. The first kappa shape index (κ1) is 22.6. The molecule has 5 nitrogen and oxygen atoms in total. The summed E-state index contributed by atoms with van der Waals surface area (Å²) in [5.74, 6) is 0.966. The lowest BCUT2D eigenvalue weighted by atomic mass is 9.85. The van der Waals surface area contributed by atoms with E-state index in [1.54, 1.807) is 37.5 Å². The van der Waals surface area contributed by atoms with Crippen LogP contribution < -0.4 is 15.4 Å². The van der Waals surface area contributed by atoms with Crippen LogP contribution in [0.15, 0.2) is 48.5 Å². The molecule has 1 aliphatic heterocycles. The number of amides is 1. The Morgan fingerprint density at radius 1 is 1.16 bits per heavy atom. The van der Waals surface area contributed by atoms with Crippen LogP contribution in [-0.4, -0.2) is 30.9 Å². The SMILES string of the molecule is COc1ccc2c(c1)/C(=C/C(=O)c1cccc(C(=O)NCCC(C)C)c1)NC(C)(C)C2. The first-order chi connectivity index (χ1) is 14.7. The Morgan fingerprint density at radius 3 is 2.61 bits per heavy atom. The van der Waals surface area contributed by atoms with Crippen LogP contribution in [0.1, 0.15) is 66.0 Å². The molecule has 2 N–H and O–H groups in total. The van der Waals surface area contributed by atoms with E-state index in [0.29, 0.717) is 23.6 Å². The van der Waals surface area contributed by atoms with E-state index in [0.717, 1.165) is 29.9 Å². The lowest BCUT2D eigenvalue weighted by molar-refractivity contribution is 0.0952. The Kier molecular flexibility index (Phi) is 6.84. The summed E-state index contributed by atoms with van der Waals surface area (Å²) in [5.41, 5.74) is 3.70. The van der Waals surface area contributed by atoms with E-state index in [1.165, 1.54) is 5.56 Å². The second-order valence-corrected chi connectivity index (χ2v) is 9.15. The minimum absolute atomic E-state index is 0.147. The van der Waals surface area contributed by atoms with Crippen molar-refractivity contribution in [2.75, 3.05) is 13.7 Å². The van der Waals surface area contributed by atoms with E-state index in [2.05, 4.69) is 44.4 Å². The summed E-state index contributed by atoms with van der Waals surface area (Å²) in [5, 5.41) is 6.40. The van der Waals surface area contributed by atoms with E-state index in [4.69, 9.17) is 4.74 Å². The van der Waals surface area contributed by atoms with Crippen molar-refractivity contribution in [2.24, 2.45) is 5.92 Å². The second-order valence-electron chi connectivity index (χ2n) is 9.15. The monoisotopic (exact) mass is 420 g/mol. The standard InChI is InChI=1S/C26H32N2O3/c1-17(2)11-12-27-25(30)19-8-6-7-18(13-19)24(29)15-23-22-14-21(31-5)10-9-20(22)16-26(3,4)28-23/h6-10,13-15,17,28H,11-12,16H2,1-5H3,(H,27,30)/b23-15-. The number of rotatable bonds is 7. The number of ether oxygens (including phenoxy) is 1. The lowest BCUT2D eigenvalue weighted by Gasteiger charge is -2.35. The summed E-state index contributed by atoms with van der Waals surface area (Å²) in [6.07, 6.45) is 3.39. The van der Waals surface area contributed by atoms with Gasteiger partial charge < -0.3 is 15.4 Å². The van der Waals surface area contributed by atoms with Gasteiger partial charge in [0, 0.05) is 40.5 Å². The highest BCUT2D eigenvalue weighted by Crippen LogP contribution is 2.32. The Labute approximate surface area is 184 Å². The number of hydrogen-bond acceptors (Lipinski definition) is 4. The van der Waals surface area contributed by atoms with Crippen molar-refractivity contribution in [1.29, 1.82) is 0 Å². The maximum atomic E-state index is 13.1. The zero-order valence-electron chi connectivity index (χ0n) is 19.0. The van der Waals surface area contributed by atoms with Gasteiger partial charge in [0.05, 0.1) is 7.11 Å². The Morgan fingerprint density at radius 2 is 1.90 bits per heavy atom. The van der Waals surface area contributed by atoms with Crippen LogP contribution >= 0.6 is 0 Å². The van der Waals surface area contributed by atoms with Crippen LogP contribution in [0.4, 0.5) is 0 Å². The molecular weight excluding hydrogens is 388 g/mol. The molecular formula is C26H32N2O3. The van der Waals surface area contributed by atoms with Gasteiger partial charge in [-0.2, -0.15) is 0 Å². The molecule has 0 fully saturated rings. The number of allylic oxidation sites excluding steroid dienone is 1. The maximum absolute atomic E-state index is 13.1. The fourth-order valence-electron chi connectivity index (χ4n) is 3.76. The van der Waals surface area contributed by atoms with Crippen LogP contribution in [0.2, 0.25) is 0 Å². The lowest BCUT2D eigenvalue weighted by Crippen LogP contribution is -2.43. The third-order valence-corrected chi connectivity index (χ3v) is 5.40. The van der Waals surface area contributed by atoms with E-state index < -0.39 is 0 Å². The molecule has 0 saturated heterocycles. The van der Waals surface area contributed by atoms with Gasteiger partial charge in [-0.25, -0.2) is 0 Å². The molecule has 2 aromatic rings. The van der Waals surface area contributed by atoms with Gasteiger partial charge in [-0.1, -0.05) is 32.0 Å². The van der Waals surface area contributed by atoms with Gasteiger partial charge in [0.15, 0.2) is 5.78 Å². The highest BCUT2D eigenvalue weighted by Gasteiger charge is 2.28. The van der Waals surface area contributed by atoms with Crippen LogP contribution in [0.5, 0.6) is 5.75 Å². The molecule has 0 radical (unpaired) electrons. The van der Waals surface area contributed by atoms with Crippen molar-refractivity contribution in [1.82, 2.24) is 10.6 Å². The fraction of sp³-hybridized carbons (Fsp3) is 0.385. The number of hydrogen-bond donors (Lipinski definition) is 2. The Hall–Kier alpha value is -3.08. The minimum atomic E-state index is -0.175. The fourth-order valence-corrected chi connectivity index (χ4v) is 3.76. The number of carbonyl (C=O) groups excluding carboxylic acids is 2. The predicted molar refractivity (Wildman–Crippen MR) is 124 cm³/mol. The molecule has 1 aliphatic rings. The topological polar surface area (TPSA) is 67.4 Å². The molecule has 31 heavy (non-hydrogen) atoms. The number of benzene rings is 2. The van der Waals surface area contributed by atoms with Crippen molar-refractivity contribution < 1.29 is 14.3 Å². The smallest absolute Gasteiger partial charge is 0.251 e. The number of ketones is 1. The zero-order chi connectivity index (χ0) is 22.6. The summed E-state index contributed by atoms with van der Waals surface area (Å²) >= 11 is 0. The van der Waals surface area contributed by atoms with E-state index in [-0.39, 0.29) is 17.2 Å². The molecule has 1 heterocycles. The van der Waals surface area contributed by atoms with Gasteiger partial charge in [-0.3, -0.25) is 9.59 Å². The normalized spacial score (nSPS) is 15.9. The molecule has 0 saturated carbocycles. The van der Waals surface area contributed by atoms with Crippen LogP contribution in [0.3, 0.4) is 0 Å². The molecule has 3 rings (SSSR count). The highest BCUT2D eigenvalue weighted by atomic mass is 16.5. The number of nitrogens with one attached hydrogen (secondary N) is 2. The molecule has 1 amide bonds. The molecule has 0 bridgehead atoms. The van der Waals surface area contributed by atoms with Gasteiger partial charge in [0.25, 0.3) is 5.91 Å². The predicted octanol–water partition coefficient (Wildman–Crippen LogP) is 4.62. The quantitative estimate of drug-likeness (QED) is 0.507. The molecule has 0 atom stereocenters. The van der Waals surface area contributed by atoms with Gasteiger partial charge >= 0.3 is 0 Å². The average Bonchev–Trinajstić information content (AvgIpc) is 2.72. The number of carbonyl (C=O) groups is 2. The summed E-state index contributed by atoms with van der Waals surface area (Å²) in [6.45, 7) is 9.08. The van der Waals surface area contributed by atoms with Gasteiger partial charge in [-0.15, -0.1) is 0 Å². The van der Waals surface area contributed by atoms with Gasteiger partial charge in [0.1, 0.15) is 5.75 Å². The summed E-state index contributed by atoms with van der Waals surface area (Å²) in [7, 11) is 1.63. The number of fused-ring (bicyclic) bond motifs is 1. The van der Waals surface area contributed by atoms with Crippen LogP contribution in [-0.2, 0) is 6.42 Å². The highest BCUT2D eigenvalue weighted by molar-refractivity contribution is 6.10. The molecule has 164 valence electrons. The first-order valence-corrected chi connectivity index (χ1v) is 10.8. The summed E-state index contributed by atoms with van der Waals surface area (Å²) in [6, 6.07) is 12.8.